The number of thiophene rings is 1. The van der Waals surface area contributed by atoms with E-state index in [9.17, 15) is 4.79 Å². The van der Waals surface area contributed by atoms with Crippen LogP contribution in [-0.4, -0.2) is 38.0 Å². The summed E-state index contributed by atoms with van der Waals surface area (Å²) in [5.74, 6) is 0.0654. The molecule has 1 aromatic heterocycles. The number of hydrogen-bond acceptors (Lipinski definition) is 4. The molecule has 2 rings (SSSR count). The second-order valence-corrected chi connectivity index (χ2v) is 6.49. The van der Waals surface area contributed by atoms with Gasteiger partial charge in [0.25, 0.3) is 0 Å². The van der Waals surface area contributed by atoms with E-state index in [0.29, 0.717) is 13.0 Å². The molecule has 0 spiro atoms. The van der Waals surface area contributed by atoms with Crippen LogP contribution in [0.25, 0.3) is 0 Å². The number of rotatable bonds is 8. The highest BCUT2D eigenvalue weighted by molar-refractivity contribution is 7.10. The Morgan fingerprint density at radius 2 is 1.95 bits per heavy atom. The molecule has 4 nitrogen and oxygen atoms in total. The van der Waals surface area contributed by atoms with Crippen LogP contribution >= 0.6 is 11.3 Å². The lowest BCUT2D eigenvalue weighted by atomic mass is 10.2. The fourth-order valence-corrected chi connectivity index (χ4v) is 2.70. The van der Waals surface area contributed by atoms with Crippen LogP contribution in [0, 0.1) is 0 Å². The van der Waals surface area contributed by atoms with E-state index in [0.717, 1.165) is 29.2 Å². The van der Waals surface area contributed by atoms with Crippen molar-refractivity contribution < 1.29 is 4.79 Å². The lowest BCUT2D eigenvalue weighted by Crippen LogP contribution is -2.24. The first-order valence-electron chi connectivity index (χ1n) is 7.40. The van der Waals surface area contributed by atoms with Gasteiger partial charge in [0.15, 0.2) is 0 Å². The molecule has 2 aromatic rings. The fraction of sp³-hybridized carbons (Fsp3) is 0.353. The van der Waals surface area contributed by atoms with Crippen LogP contribution in [0.4, 0.5) is 5.69 Å². The average Bonchev–Trinajstić information content (AvgIpc) is 2.99. The summed E-state index contributed by atoms with van der Waals surface area (Å²) in [7, 11) is 4.12. The lowest BCUT2D eigenvalue weighted by Gasteiger charge is -2.12. The number of carbonyl (C=O) groups excluding carboxylic acids is 1. The highest BCUT2D eigenvalue weighted by atomic mass is 32.1. The Balaban J connectivity index is 1.72. The normalized spacial score (nSPS) is 10.7. The minimum Gasteiger partial charge on any atom is -0.384 e. The number of likely N-dealkylation sites (N-methyl/N-ethyl adjacent to an activating group) is 1. The number of amides is 1. The van der Waals surface area contributed by atoms with Crippen molar-refractivity contribution in [1.29, 1.82) is 0 Å². The summed E-state index contributed by atoms with van der Waals surface area (Å²) in [5, 5.41) is 8.32. The minimum atomic E-state index is 0.0654. The molecule has 0 fully saturated rings. The second-order valence-electron chi connectivity index (χ2n) is 5.46. The Morgan fingerprint density at radius 3 is 2.59 bits per heavy atom. The number of nitrogens with one attached hydrogen (secondary N) is 2. The van der Waals surface area contributed by atoms with Crippen molar-refractivity contribution in [2.45, 2.75) is 13.0 Å². The molecule has 0 saturated heterocycles. The van der Waals surface area contributed by atoms with E-state index in [2.05, 4.69) is 41.8 Å². The van der Waals surface area contributed by atoms with Crippen LogP contribution in [0.1, 0.15) is 10.4 Å². The van der Waals surface area contributed by atoms with E-state index in [-0.39, 0.29) is 5.91 Å². The maximum absolute atomic E-state index is 11.8. The summed E-state index contributed by atoms with van der Waals surface area (Å²) in [6.07, 6.45) is 0.460. The van der Waals surface area contributed by atoms with E-state index in [1.807, 2.05) is 29.6 Å². The first-order valence-corrected chi connectivity index (χ1v) is 8.28. The molecule has 0 aliphatic heterocycles. The zero-order chi connectivity index (χ0) is 15.8. The van der Waals surface area contributed by atoms with Gasteiger partial charge in [-0.3, -0.25) is 4.79 Å². The third kappa shape index (κ3) is 5.87. The standard InChI is InChI=1S/C17H23N3OS/c1-20(2)10-9-18-15-7-5-14(6-8-15)13-19-17(21)12-16-4-3-11-22-16/h3-8,11,18H,9-10,12-13H2,1-2H3,(H,19,21). The largest absolute Gasteiger partial charge is 0.384 e. The number of nitrogens with zero attached hydrogens (tertiary/aromatic N) is 1. The first-order chi connectivity index (χ1) is 10.6. The van der Waals surface area contributed by atoms with Crippen LogP contribution in [0.15, 0.2) is 41.8 Å². The van der Waals surface area contributed by atoms with Gasteiger partial charge in [-0.25, -0.2) is 0 Å². The van der Waals surface area contributed by atoms with Gasteiger partial charge in [0.2, 0.25) is 5.91 Å². The Kier molecular flexibility index (Phi) is 6.43. The van der Waals surface area contributed by atoms with Crippen LogP contribution in [0.5, 0.6) is 0 Å². The van der Waals surface area contributed by atoms with Crippen molar-refractivity contribution in [3.05, 3.63) is 52.2 Å². The van der Waals surface area contributed by atoms with Crippen LogP contribution in [-0.2, 0) is 17.8 Å². The molecular formula is C17H23N3OS. The van der Waals surface area contributed by atoms with Crippen LogP contribution in [0.2, 0.25) is 0 Å². The summed E-state index contributed by atoms with van der Waals surface area (Å²) in [5.41, 5.74) is 2.22. The molecule has 118 valence electrons. The molecule has 0 saturated carbocycles. The van der Waals surface area contributed by atoms with Gasteiger partial charge < -0.3 is 15.5 Å². The molecule has 0 aliphatic rings. The Morgan fingerprint density at radius 1 is 1.18 bits per heavy atom. The van der Waals surface area contributed by atoms with E-state index in [1.165, 1.54) is 0 Å². The summed E-state index contributed by atoms with van der Waals surface area (Å²) in [6.45, 7) is 2.49. The van der Waals surface area contributed by atoms with Gasteiger partial charge in [-0.2, -0.15) is 0 Å². The predicted molar refractivity (Wildman–Crippen MR) is 93.4 cm³/mol. The van der Waals surface area contributed by atoms with Crippen molar-refractivity contribution >= 4 is 22.9 Å². The van der Waals surface area contributed by atoms with Gasteiger partial charge in [0, 0.05) is 30.2 Å². The Labute approximate surface area is 136 Å². The molecule has 5 heteroatoms. The lowest BCUT2D eigenvalue weighted by molar-refractivity contribution is -0.120. The molecule has 0 unspecified atom stereocenters. The molecule has 1 amide bonds. The predicted octanol–water partition coefficient (Wildman–Crippen LogP) is 2.58. The Hall–Kier alpha value is -1.85. The molecule has 0 aliphatic carbocycles. The summed E-state index contributed by atoms with van der Waals surface area (Å²) in [4.78, 5) is 15.1. The molecule has 0 radical (unpaired) electrons. The van der Waals surface area contributed by atoms with Crippen LogP contribution < -0.4 is 10.6 Å². The van der Waals surface area contributed by atoms with Gasteiger partial charge in [-0.15, -0.1) is 11.3 Å². The maximum Gasteiger partial charge on any atom is 0.225 e. The number of anilines is 1. The molecule has 0 atom stereocenters. The first kappa shape index (κ1) is 16.5. The number of carbonyl (C=O) groups is 1. The zero-order valence-electron chi connectivity index (χ0n) is 13.1. The van der Waals surface area contributed by atoms with Gasteiger partial charge in [-0.1, -0.05) is 18.2 Å². The van der Waals surface area contributed by atoms with E-state index in [4.69, 9.17) is 0 Å². The SMILES string of the molecule is CN(C)CCNc1ccc(CNC(=O)Cc2cccs2)cc1. The highest BCUT2D eigenvalue weighted by Gasteiger charge is 2.04. The minimum absolute atomic E-state index is 0.0654. The molecular weight excluding hydrogens is 294 g/mol. The molecule has 2 N–H and O–H groups in total. The third-order valence-corrected chi connectivity index (χ3v) is 4.12. The number of hydrogen-bond donors (Lipinski definition) is 2. The Bertz CT molecular complexity index is 564. The van der Waals surface area contributed by atoms with E-state index < -0.39 is 0 Å². The van der Waals surface area contributed by atoms with E-state index in [1.54, 1.807) is 11.3 Å². The van der Waals surface area contributed by atoms with Gasteiger partial charge in [-0.05, 0) is 43.2 Å². The molecule has 1 aromatic carbocycles. The molecule has 0 bridgehead atoms. The van der Waals surface area contributed by atoms with E-state index >= 15 is 0 Å². The summed E-state index contributed by atoms with van der Waals surface area (Å²) < 4.78 is 0. The average molecular weight is 317 g/mol. The van der Waals surface area contributed by atoms with Crippen LogP contribution in [0.3, 0.4) is 0 Å². The van der Waals surface area contributed by atoms with Crippen molar-refractivity contribution in [1.82, 2.24) is 10.2 Å². The van der Waals surface area contributed by atoms with Crippen molar-refractivity contribution in [3.8, 4) is 0 Å². The maximum atomic E-state index is 11.8. The molecule has 22 heavy (non-hydrogen) atoms. The van der Waals surface area contributed by atoms with Crippen molar-refractivity contribution in [2.75, 3.05) is 32.5 Å². The summed E-state index contributed by atoms with van der Waals surface area (Å²) in [6, 6.07) is 12.1. The zero-order valence-corrected chi connectivity index (χ0v) is 14.0. The van der Waals surface area contributed by atoms with Gasteiger partial charge in [0.1, 0.15) is 0 Å². The van der Waals surface area contributed by atoms with Gasteiger partial charge >= 0.3 is 0 Å². The summed E-state index contributed by atoms with van der Waals surface area (Å²) >= 11 is 1.61. The third-order valence-electron chi connectivity index (χ3n) is 3.25. The number of benzene rings is 1. The second kappa shape index (κ2) is 8.56. The van der Waals surface area contributed by atoms with Crippen molar-refractivity contribution in [3.63, 3.8) is 0 Å². The van der Waals surface area contributed by atoms with Gasteiger partial charge in [0.05, 0.1) is 6.42 Å². The smallest absolute Gasteiger partial charge is 0.225 e. The topological polar surface area (TPSA) is 44.4 Å². The monoisotopic (exact) mass is 317 g/mol. The quantitative estimate of drug-likeness (QED) is 0.786. The highest BCUT2D eigenvalue weighted by Crippen LogP contribution is 2.10. The van der Waals surface area contributed by atoms with Crippen molar-refractivity contribution in [2.24, 2.45) is 0 Å². The fourth-order valence-electron chi connectivity index (χ4n) is 2.00. The molecule has 1 heterocycles.